The first-order valence-corrected chi connectivity index (χ1v) is 10.1. The van der Waals surface area contributed by atoms with Crippen molar-refractivity contribution in [3.8, 4) is 5.69 Å². The summed E-state index contributed by atoms with van der Waals surface area (Å²) < 4.78 is 3.39. The van der Waals surface area contributed by atoms with Gasteiger partial charge in [-0.2, -0.15) is 5.10 Å². The van der Waals surface area contributed by atoms with Crippen LogP contribution in [0.1, 0.15) is 37.6 Å². The molecule has 0 aliphatic carbocycles. The minimum Gasteiger partial charge on any atom is -0.325 e. The van der Waals surface area contributed by atoms with Crippen molar-refractivity contribution < 1.29 is 0 Å². The van der Waals surface area contributed by atoms with Crippen molar-refractivity contribution in [1.29, 1.82) is 0 Å². The summed E-state index contributed by atoms with van der Waals surface area (Å²) in [7, 11) is 1.84. The maximum absolute atomic E-state index is 12.9. The smallest absolute Gasteiger partial charge is 0.295 e. The Morgan fingerprint density at radius 1 is 1.07 bits per heavy atom. The Hall–Kier alpha value is -3.19. The molecule has 0 unspecified atom stereocenters. The van der Waals surface area contributed by atoms with Crippen LogP contribution in [0.25, 0.3) is 5.69 Å². The zero-order valence-electron chi connectivity index (χ0n) is 17.9. The van der Waals surface area contributed by atoms with E-state index in [0.717, 1.165) is 16.9 Å². The first kappa shape index (κ1) is 21.5. The molecular weight excluding hydrogens is 394 g/mol. The van der Waals surface area contributed by atoms with Gasteiger partial charge in [-0.05, 0) is 47.8 Å². The van der Waals surface area contributed by atoms with Crippen LogP contribution in [0.5, 0.6) is 0 Å². The summed E-state index contributed by atoms with van der Waals surface area (Å²) in [6, 6.07) is 17.7. The lowest BCUT2D eigenvalue weighted by atomic mass is 9.87. The number of thiocarbonyl (C=S) groups is 1. The Balaban J connectivity index is 1.70. The fourth-order valence-corrected chi connectivity index (χ4v) is 3.24. The molecule has 0 aliphatic heterocycles. The molecule has 0 saturated heterocycles. The van der Waals surface area contributed by atoms with Crippen molar-refractivity contribution in [2.24, 2.45) is 12.1 Å². The molecule has 30 heavy (non-hydrogen) atoms. The average Bonchev–Trinajstić information content (AvgIpc) is 2.91. The highest BCUT2D eigenvalue weighted by Gasteiger charge is 2.16. The van der Waals surface area contributed by atoms with Gasteiger partial charge in [0.2, 0.25) is 0 Å². The maximum atomic E-state index is 12.9. The summed E-state index contributed by atoms with van der Waals surface area (Å²) in [5, 5.41) is 7.41. The van der Waals surface area contributed by atoms with Crippen molar-refractivity contribution in [2.75, 3.05) is 5.32 Å². The van der Waals surface area contributed by atoms with Crippen LogP contribution in [0.3, 0.4) is 0 Å². The van der Waals surface area contributed by atoms with E-state index in [9.17, 15) is 4.79 Å². The van der Waals surface area contributed by atoms with E-state index in [1.165, 1.54) is 5.56 Å². The van der Waals surface area contributed by atoms with Gasteiger partial charge in [0.1, 0.15) is 5.69 Å². The number of nitrogens with zero attached hydrogens (tertiary/aromatic N) is 3. The molecule has 0 atom stereocenters. The van der Waals surface area contributed by atoms with Crippen molar-refractivity contribution >= 4 is 29.2 Å². The van der Waals surface area contributed by atoms with E-state index < -0.39 is 0 Å². The molecule has 0 saturated carbocycles. The molecule has 0 amide bonds. The van der Waals surface area contributed by atoms with Crippen LogP contribution in [0.2, 0.25) is 0 Å². The summed E-state index contributed by atoms with van der Waals surface area (Å²) in [5.74, 6) is 0. The third kappa shape index (κ3) is 4.68. The van der Waals surface area contributed by atoms with E-state index in [0.29, 0.717) is 5.69 Å². The predicted octanol–water partition coefficient (Wildman–Crippen LogP) is 4.10. The van der Waals surface area contributed by atoms with Gasteiger partial charge in [0.25, 0.3) is 5.56 Å². The first-order chi connectivity index (χ1) is 14.2. The monoisotopic (exact) mass is 421 g/mol. The lowest BCUT2D eigenvalue weighted by Crippen LogP contribution is -2.28. The Bertz CT molecular complexity index is 1120. The molecule has 0 radical (unpaired) electrons. The minimum absolute atomic E-state index is 0.111. The van der Waals surface area contributed by atoms with Gasteiger partial charge in [-0.3, -0.25) is 14.9 Å². The molecule has 1 heterocycles. The minimum atomic E-state index is -0.174. The van der Waals surface area contributed by atoms with Crippen molar-refractivity contribution in [3.05, 3.63) is 81.8 Å². The number of para-hydroxylation sites is 1. The summed E-state index contributed by atoms with van der Waals surface area (Å²) in [6.07, 6.45) is 1.69. The van der Waals surface area contributed by atoms with Gasteiger partial charge in [-0.15, -0.1) is 0 Å². The van der Waals surface area contributed by atoms with Crippen LogP contribution in [0.15, 0.2) is 64.5 Å². The lowest BCUT2D eigenvalue weighted by Gasteiger charge is -2.18. The SMILES string of the molecule is Cc1c(NC(=S)N/N=C\c2ccc(C(C)(C)C)cc2)c(=O)n(-c2ccccc2)n1C. The number of anilines is 1. The van der Waals surface area contributed by atoms with Gasteiger partial charge in [-0.25, -0.2) is 4.68 Å². The number of hydrogen-bond acceptors (Lipinski definition) is 3. The van der Waals surface area contributed by atoms with Crippen LogP contribution < -0.4 is 16.3 Å². The Labute approximate surface area is 182 Å². The second kappa shape index (κ2) is 8.67. The molecule has 0 aliphatic rings. The maximum Gasteiger partial charge on any atom is 0.295 e. The van der Waals surface area contributed by atoms with Gasteiger partial charge in [0.15, 0.2) is 5.11 Å². The van der Waals surface area contributed by atoms with E-state index in [1.807, 2.05) is 56.4 Å². The number of hydrazone groups is 1. The zero-order valence-corrected chi connectivity index (χ0v) is 18.7. The van der Waals surface area contributed by atoms with Crippen molar-refractivity contribution in [2.45, 2.75) is 33.1 Å². The zero-order chi connectivity index (χ0) is 21.9. The van der Waals surface area contributed by atoms with E-state index in [2.05, 4.69) is 48.7 Å². The second-order valence-corrected chi connectivity index (χ2v) is 8.54. The van der Waals surface area contributed by atoms with Crippen molar-refractivity contribution in [3.63, 3.8) is 0 Å². The summed E-state index contributed by atoms with van der Waals surface area (Å²) in [6.45, 7) is 8.41. The normalized spacial score (nSPS) is 11.6. The van der Waals surface area contributed by atoms with Crippen molar-refractivity contribution in [1.82, 2.24) is 14.8 Å². The fraction of sp³-hybridized carbons (Fsp3) is 0.261. The van der Waals surface area contributed by atoms with E-state index in [1.54, 1.807) is 15.6 Å². The average molecular weight is 422 g/mol. The molecule has 0 spiro atoms. The molecule has 0 bridgehead atoms. The van der Waals surface area contributed by atoms with Gasteiger partial charge in [0, 0.05) is 7.05 Å². The molecule has 7 heteroatoms. The van der Waals surface area contributed by atoms with E-state index in [-0.39, 0.29) is 16.1 Å². The Kier molecular flexibility index (Phi) is 6.22. The van der Waals surface area contributed by atoms with Gasteiger partial charge in [0.05, 0.1) is 17.6 Å². The van der Waals surface area contributed by atoms with Crippen LogP contribution in [0.4, 0.5) is 5.69 Å². The highest BCUT2D eigenvalue weighted by atomic mass is 32.1. The molecule has 2 aromatic carbocycles. The molecule has 156 valence electrons. The predicted molar refractivity (Wildman–Crippen MR) is 128 cm³/mol. The fourth-order valence-electron chi connectivity index (χ4n) is 3.09. The molecule has 1 aromatic heterocycles. The van der Waals surface area contributed by atoms with E-state index >= 15 is 0 Å². The molecule has 3 rings (SSSR count). The van der Waals surface area contributed by atoms with Crippen LogP contribution in [0, 0.1) is 6.92 Å². The standard InChI is InChI=1S/C23H27N5OS/c1-16-20(21(29)28(27(16)5)19-9-7-6-8-10-19)25-22(30)26-24-15-17-11-13-18(14-12-17)23(2,3)4/h6-15H,1-5H3,(H2,25,26,30)/b24-15-. The van der Waals surface area contributed by atoms with Crippen LogP contribution in [-0.2, 0) is 12.5 Å². The number of hydrogen-bond donors (Lipinski definition) is 2. The molecular formula is C23H27N5OS. The van der Waals surface area contributed by atoms with Crippen LogP contribution >= 0.6 is 12.2 Å². The number of benzene rings is 2. The third-order valence-electron chi connectivity index (χ3n) is 4.95. The second-order valence-electron chi connectivity index (χ2n) is 8.13. The molecule has 0 fully saturated rings. The van der Waals surface area contributed by atoms with Gasteiger partial charge < -0.3 is 5.32 Å². The van der Waals surface area contributed by atoms with Gasteiger partial charge in [-0.1, -0.05) is 63.2 Å². The quantitative estimate of drug-likeness (QED) is 0.378. The number of nitrogens with one attached hydrogen (secondary N) is 2. The summed E-state index contributed by atoms with van der Waals surface area (Å²) >= 11 is 5.32. The Morgan fingerprint density at radius 3 is 2.30 bits per heavy atom. The number of rotatable bonds is 4. The molecule has 2 N–H and O–H groups in total. The highest BCUT2D eigenvalue weighted by Crippen LogP contribution is 2.21. The van der Waals surface area contributed by atoms with E-state index in [4.69, 9.17) is 12.2 Å². The lowest BCUT2D eigenvalue weighted by molar-refractivity contribution is 0.590. The number of aromatic nitrogens is 2. The first-order valence-electron chi connectivity index (χ1n) is 9.73. The molecule has 3 aromatic rings. The van der Waals surface area contributed by atoms with Crippen LogP contribution in [-0.4, -0.2) is 20.7 Å². The van der Waals surface area contributed by atoms with Gasteiger partial charge >= 0.3 is 0 Å². The topological polar surface area (TPSA) is 63.4 Å². The third-order valence-corrected chi connectivity index (χ3v) is 5.14. The molecule has 6 nitrogen and oxygen atoms in total. The summed E-state index contributed by atoms with van der Waals surface area (Å²) in [5.41, 5.74) is 6.92. The largest absolute Gasteiger partial charge is 0.325 e. The highest BCUT2D eigenvalue weighted by molar-refractivity contribution is 7.80. The Morgan fingerprint density at radius 2 is 1.70 bits per heavy atom. The summed E-state index contributed by atoms with van der Waals surface area (Å²) in [4.78, 5) is 12.9.